The molecule has 8 aromatic carbocycles. The summed E-state index contributed by atoms with van der Waals surface area (Å²) in [5.41, 5.74) is 6.00. The van der Waals surface area contributed by atoms with Gasteiger partial charge in [-0.1, -0.05) is 263 Å². The Kier molecular flexibility index (Phi) is 28.1. The fourth-order valence-electron chi connectivity index (χ4n) is 10.4. The molecule has 8 aromatic rings. The van der Waals surface area contributed by atoms with Crippen LogP contribution in [0.4, 0.5) is 0 Å². The summed E-state index contributed by atoms with van der Waals surface area (Å²) >= 11 is 7.55. The molecule has 16 heteroatoms. The van der Waals surface area contributed by atoms with Gasteiger partial charge in [0.2, 0.25) is 0 Å². The zero-order chi connectivity index (χ0) is 61.7. The first-order chi connectivity index (χ1) is 43.7. The molecule has 2 aliphatic heterocycles. The first-order valence-corrected chi connectivity index (χ1v) is 34.2. The van der Waals surface area contributed by atoms with E-state index in [0.717, 1.165) is 43.8 Å². The fourth-order valence-corrected chi connectivity index (χ4v) is 12.9. The zero-order valence-corrected chi connectivity index (χ0v) is 53.5. The molecule has 10 rings (SSSR count). The van der Waals surface area contributed by atoms with Crippen molar-refractivity contribution in [3.05, 3.63) is 282 Å². The van der Waals surface area contributed by atoms with Crippen LogP contribution in [0.15, 0.2) is 248 Å². The molecule has 0 spiro atoms. The minimum absolute atomic E-state index is 0.0642. The lowest BCUT2D eigenvalue weighted by atomic mass is 9.98. The molecule has 0 aliphatic carbocycles. The van der Waals surface area contributed by atoms with E-state index in [-0.39, 0.29) is 52.9 Å². The summed E-state index contributed by atoms with van der Waals surface area (Å²) in [4.78, 5) is 15.9. The number of ether oxygens (including phenoxy) is 9. The number of rotatable bonds is 32. The van der Waals surface area contributed by atoms with Gasteiger partial charge in [-0.2, -0.15) is 0 Å². The van der Waals surface area contributed by atoms with Crippen LogP contribution in [-0.4, -0.2) is 103 Å². The minimum Gasteiger partial charge on any atom is -0.374 e. The van der Waals surface area contributed by atoms with Gasteiger partial charge in [-0.25, -0.2) is 0 Å². The van der Waals surface area contributed by atoms with Gasteiger partial charge in [0.05, 0.1) is 59.5 Å². The smallest absolute Gasteiger partial charge is 0.327 e. The third-order valence-electron chi connectivity index (χ3n) is 15.3. The van der Waals surface area contributed by atoms with Crippen LogP contribution in [0.25, 0.3) is 0 Å². The fraction of sp³-hybridized carbons (Fsp3) is 0.342. The van der Waals surface area contributed by atoms with Gasteiger partial charge >= 0.3 is 6.72 Å². The molecule has 0 radical (unpaired) electrons. The highest BCUT2D eigenvalue weighted by molar-refractivity contribution is 8.07. The standard InChI is InChI=1S/C67H69O12PS2.C6H15N/c68-80(81,76-49-59-61(71-43-52-29-13-3-14-30-52)63(73-45-54-33-17-5-18-34-54)65(75-47-56-37-21-7-22-38-56)67(78-59)82-57-39-23-8-24-40-57)79-66-64(74-46-55-35-19-6-20-36-55)62(72-44-53-31-15-4-16-32-53)60(70-42-51-27-11-2-12-28-51)58(77-66)48-69-41-50-25-9-1-10-26-50;1-4-7(5-2)6-3/h1-40,58-67H,41-49H2,(H,68,81);4-6H2,1-3H3/t58-,59-,60-,61-,62+,63+,64+,65-,66-,67+,80?;/m1./s1. The maximum Gasteiger partial charge on any atom is 0.327 e. The van der Waals surface area contributed by atoms with E-state index >= 15 is 0 Å². The molecule has 470 valence electrons. The minimum atomic E-state index is -4.31. The number of nitrogens with zero attached hydrogens (tertiary/aromatic N) is 1. The van der Waals surface area contributed by atoms with Crippen LogP contribution in [0.1, 0.15) is 59.7 Å². The molecule has 11 atom stereocenters. The van der Waals surface area contributed by atoms with E-state index in [9.17, 15) is 4.89 Å². The Morgan fingerprint density at radius 2 is 0.685 bits per heavy atom. The normalized spacial score (nSPS) is 22.4. The Bertz CT molecular complexity index is 3200. The second-order valence-electron chi connectivity index (χ2n) is 21.6. The summed E-state index contributed by atoms with van der Waals surface area (Å²) in [6.07, 6.45) is -7.88. The van der Waals surface area contributed by atoms with Crippen molar-refractivity contribution < 1.29 is 56.6 Å². The molecular weight excluding hydrogens is 1180 g/mol. The van der Waals surface area contributed by atoms with Gasteiger partial charge in [-0.15, -0.1) is 0 Å². The Balaban J connectivity index is 0.00000127. The van der Waals surface area contributed by atoms with Gasteiger partial charge in [-0.3, -0.25) is 4.52 Å². The first-order valence-electron chi connectivity index (χ1n) is 30.7. The second-order valence-corrected chi connectivity index (χ2v) is 25.5. The highest BCUT2D eigenvalue weighted by Crippen LogP contribution is 2.49. The summed E-state index contributed by atoms with van der Waals surface area (Å²) in [5.74, 6) is 0. The summed E-state index contributed by atoms with van der Waals surface area (Å²) < 4.78 is 75.3. The van der Waals surface area contributed by atoms with Crippen LogP contribution in [0, 0.1) is 0 Å². The van der Waals surface area contributed by atoms with E-state index in [0.29, 0.717) is 6.61 Å². The molecule has 13 nitrogen and oxygen atoms in total. The molecule has 0 saturated carbocycles. The molecule has 0 bridgehead atoms. The van der Waals surface area contributed by atoms with Gasteiger partial charge in [0, 0.05) is 4.90 Å². The predicted octanol–water partition coefficient (Wildman–Crippen LogP) is 14.6. The lowest BCUT2D eigenvalue weighted by Crippen LogP contribution is -2.61. The maximum absolute atomic E-state index is 12.6. The van der Waals surface area contributed by atoms with Crippen molar-refractivity contribution in [1.82, 2.24) is 4.90 Å². The lowest BCUT2D eigenvalue weighted by Gasteiger charge is -2.47. The molecule has 1 N–H and O–H groups in total. The van der Waals surface area contributed by atoms with Crippen LogP contribution in [0.2, 0.25) is 0 Å². The SMILES string of the molecule is CCN(CC)CC.OP(=S)(OC[C@H]1O[C@@H](Sc2ccccc2)[C@H](OCc2ccccc2)[C@@H](OCc2ccccc2)[C@@H]1OCc1ccccc1)O[C@H]1O[C@H](COCc2ccccc2)[C@@H](OCc2ccccc2)[C@H](OCc2ccccc2)[C@@H]1OCc1ccccc1. The van der Waals surface area contributed by atoms with Gasteiger partial charge in [0.15, 0.2) is 6.29 Å². The third kappa shape index (κ3) is 22.0. The molecule has 1 unspecified atom stereocenters. The van der Waals surface area contributed by atoms with E-state index in [1.807, 2.05) is 243 Å². The van der Waals surface area contributed by atoms with Crippen LogP contribution in [0.5, 0.6) is 0 Å². The van der Waals surface area contributed by atoms with Crippen molar-refractivity contribution in [2.24, 2.45) is 0 Å². The third-order valence-corrected chi connectivity index (χ3v) is 17.9. The molecule has 2 saturated heterocycles. The average molecular weight is 1260 g/mol. The molecule has 0 amide bonds. The number of hydrogen-bond donors (Lipinski definition) is 1. The highest BCUT2D eigenvalue weighted by Gasteiger charge is 2.52. The lowest BCUT2D eigenvalue weighted by molar-refractivity contribution is -0.311. The number of benzene rings is 8. The molecular formula is C73H84NO12PS2. The summed E-state index contributed by atoms with van der Waals surface area (Å²) in [7, 11) is 0. The zero-order valence-electron chi connectivity index (χ0n) is 51.0. The summed E-state index contributed by atoms with van der Waals surface area (Å²) in [6.45, 7) is 7.24. The highest BCUT2D eigenvalue weighted by atomic mass is 32.5. The predicted molar refractivity (Wildman–Crippen MR) is 353 cm³/mol. The molecule has 0 aromatic heterocycles. The molecule has 89 heavy (non-hydrogen) atoms. The van der Waals surface area contributed by atoms with E-state index in [1.54, 1.807) is 0 Å². The Morgan fingerprint density at radius 3 is 1.04 bits per heavy atom. The van der Waals surface area contributed by atoms with Crippen LogP contribution >= 0.6 is 18.5 Å². The molecule has 2 heterocycles. The average Bonchev–Trinajstić information content (AvgIpc) is 1.21. The van der Waals surface area contributed by atoms with Crippen molar-refractivity contribution >= 4 is 30.3 Å². The molecule has 2 fully saturated rings. The van der Waals surface area contributed by atoms with Crippen molar-refractivity contribution in [1.29, 1.82) is 0 Å². The summed E-state index contributed by atoms with van der Waals surface area (Å²) in [6, 6.07) is 79.4. The van der Waals surface area contributed by atoms with Crippen molar-refractivity contribution in [2.45, 2.75) is 132 Å². The first kappa shape index (κ1) is 67.6. The van der Waals surface area contributed by atoms with Crippen molar-refractivity contribution in [3.63, 3.8) is 0 Å². The van der Waals surface area contributed by atoms with E-state index in [2.05, 4.69) is 25.7 Å². The van der Waals surface area contributed by atoms with E-state index in [4.69, 9.17) is 63.5 Å². The Labute approximate surface area is 535 Å². The van der Waals surface area contributed by atoms with E-state index < -0.39 is 67.3 Å². The quantitative estimate of drug-likeness (QED) is 0.0402. The van der Waals surface area contributed by atoms with Gasteiger partial charge < -0.3 is 56.9 Å². The van der Waals surface area contributed by atoms with Crippen LogP contribution in [-0.2, 0) is 110 Å². The monoisotopic (exact) mass is 1260 g/mol. The number of thioether (sulfide) groups is 1. The van der Waals surface area contributed by atoms with E-state index in [1.165, 1.54) is 31.4 Å². The largest absolute Gasteiger partial charge is 0.374 e. The Hall–Kier alpha value is -5.76. The van der Waals surface area contributed by atoms with Gasteiger partial charge in [0.25, 0.3) is 0 Å². The Morgan fingerprint density at radius 1 is 0.382 bits per heavy atom. The number of hydrogen-bond acceptors (Lipinski definition) is 14. The van der Waals surface area contributed by atoms with Crippen molar-refractivity contribution in [2.75, 3.05) is 32.8 Å². The van der Waals surface area contributed by atoms with Crippen LogP contribution < -0.4 is 0 Å². The second kappa shape index (κ2) is 36.9. The van der Waals surface area contributed by atoms with Gasteiger partial charge in [-0.05, 0) is 82.5 Å². The molecule has 2 aliphatic rings. The van der Waals surface area contributed by atoms with Crippen molar-refractivity contribution in [3.8, 4) is 0 Å². The van der Waals surface area contributed by atoms with Gasteiger partial charge in [0.1, 0.15) is 54.3 Å². The van der Waals surface area contributed by atoms with Crippen LogP contribution in [0.3, 0.4) is 0 Å². The topological polar surface area (TPSA) is 125 Å². The maximum atomic E-state index is 12.6. The summed E-state index contributed by atoms with van der Waals surface area (Å²) in [5, 5.41) is 0.